The van der Waals surface area contributed by atoms with Gasteiger partial charge < -0.3 is 4.74 Å². The standard InChI is InChI=1S/C15H15N3O2/c1-2-20-14-5-3-4-12(10-14)11-17-18-15(19)13-6-8-16-9-7-13/h3-11H,2H2,1H3,(H,18,19)/b17-11+. The monoisotopic (exact) mass is 269 g/mol. The lowest BCUT2D eigenvalue weighted by Crippen LogP contribution is -2.17. The van der Waals surface area contributed by atoms with Gasteiger partial charge >= 0.3 is 0 Å². The molecule has 0 radical (unpaired) electrons. The van der Waals surface area contributed by atoms with Crippen LogP contribution >= 0.6 is 0 Å². The van der Waals surface area contributed by atoms with E-state index in [0.717, 1.165) is 11.3 Å². The van der Waals surface area contributed by atoms with E-state index in [4.69, 9.17) is 4.74 Å². The van der Waals surface area contributed by atoms with Crippen LogP contribution in [-0.4, -0.2) is 23.7 Å². The number of rotatable bonds is 5. The Kier molecular flexibility index (Phi) is 4.83. The number of hydrazone groups is 1. The summed E-state index contributed by atoms with van der Waals surface area (Å²) in [4.78, 5) is 15.6. The van der Waals surface area contributed by atoms with Gasteiger partial charge in [-0.2, -0.15) is 5.10 Å². The van der Waals surface area contributed by atoms with Crippen LogP contribution in [0.15, 0.2) is 53.9 Å². The summed E-state index contributed by atoms with van der Waals surface area (Å²) < 4.78 is 5.39. The second-order valence-electron chi connectivity index (χ2n) is 3.94. The molecule has 5 nitrogen and oxygen atoms in total. The molecule has 0 saturated heterocycles. The lowest BCUT2D eigenvalue weighted by molar-refractivity contribution is 0.0955. The highest BCUT2D eigenvalue weighted by atomic mass is 16.5. The van der Waals surface area contributed by atoms with E-state index in [9.17, 15) is 4.79 Å². The van der Waals surface area contributed by atoms with Gasteiger partial charge in [-0.3, -0.25) is 9.78 Å². The van der Waals surface area contributed by atoms with Crippen LogP contribution in [0.1, 0.15) is 22.8 Å². The third kappa shape index (κ3) is 3.91. The van der Waals surface area contributed by atoms with Gasteiger partial charge in [0.1, 0.15) is 5.75 Å². The molecule has 5 heteroatoms. The van der Waals surface area contributed by atoms with Crippen molar-refractivity contribution in [2.45, 2.75) is 6.92 Å². The molecule has 0 bridgehead atoms. The molecule has 0 aliphatic rings. The summed E-state index contributed by atoms with van der Waals surface area (Å²) in [6, 6.07) is 10.7. The fourth-order valence-electron chi connectivity index (χ4n) is 1.58. The Bertz CT molecular complexity index is 597. The largest absolute Gasteiger partial charge is 0.494 e. The molecule has 2 rings (SSSR count). The fourth-order valence-corrected chi connectivity index (χ4v) is 1.58. The summed E-state index contributed by atoms with van der Waals surface area (Å²) >= 11 is 0. The minimum atomic E-state index is -0.274. The molecule has 0 saturated carbocycles. The normalized spacial score (nSPS) is 10.4. The zero-order chi connectivity index (χ0) is 14.2. The summed E-state index contributed by atoms with van der Waals surface area (Å²) in [5.74, 6) is 0.501. The van der Waals surface area contributed by atoms with Crippen molar-refractivity contribution in [3.05, 3.63) is 59.9 Å². The van der Waals surface area contributed by atoms with Crippen LogP contribution in [0.3, 0.4) is 0 Å². The molecular weight excluding hydrogens is 254 g/mol. The third-order valence-electron chi connectivity index (χ3n) is 2.49. The first-order valence-electron chi connectivity index (χ1n) is 6.26. The van der Waals surface area contributed by atoms with E-state index in [-0.39, 0.29) is 5.91 Å². The molecule has 0 spiro atoms. The number of nitrogens with one attached hydrogen (secondary N) is 1. The second-order valence-corrected chi connectivity index (χ2v) is 3.94. The van der Waals surface area contributed by atoms with Crippen LogP contribution in [0.25, 0.3) is 0 Å². The first-order valence-corrected chi connectivity index (χ1v) is 6.26. The first kappa shape index (κ1) is 13.7. The van der Waals surface area contributed by atoms with E-state index >= 15 is 0 Å². The number of pyridine rings is 1. The summed E-state index contributed by atoms with van der Waals surface area (Å²) in [5, 5.41) is 3.92. The number of ether oxygens (including phenoxy) is 1. The predicted molar refractivity (Wildman–Crippen MR) is 76.9 cm³/mol. The lowest BCUT2D eigenvalue weighted by Gasteiger charge is -2.03. The van der Waals surface area contributed by atoms with Crippen LogP contribution in [0, 0.1) is 0 Å². The van der Waals surface area contributed by atoms with Crippen molar-refractivity contribution in [1.29, 1.82) is 0 Å². The van der Waals surface area contributed by atoms with Gasteiger partial charge in [-0.25, -0.2) is 5.43 Å². The highest BCUT2D eigenvalue weighted by Gasteiger charge is 2.01. The number of aromatic nitrogens is 1. The molecule has 0 fully saturated rings. The van der Waals surface area contributed by atoms with Crippen LogP contribution in [0.5, 0.6) is 5.75 Å². The van der Waals surface area contributed by atoms with Gasteiger partial charge in [0.05, 0.1) is 12.8 Å². The SMILES string of the molecule is CCOc1cccc(/C=N/NC(=O)c2ccncc2)c1. The van der Waals surface area contributed by atoms with Crippen molar-refractivity contribution in [2.75, 3.05) is 6.61 Å². The molecule has 102 valence electrons. The predicted octanol–water partition coefficient (Wildman–Crippen LogP) is 2.24. The molecule has 20 heavy (non-hydrogen) atoms. The molecule has 0 aliphatic carbocycles. The van der Waals surface area contributed by atoms with Gasteiger partial charge in [-0.15, -0.1) is 0 Å². The van der Waals surface area contributed by atoms with Crippen LogP contribution in [0.4, 0.5) is 0 Å². The van der Waals surface area contributed by atoms with Gasteiger partial charge in [0.25, 0.3) is 5.91 Å². The molecule has 1 heterocycles. The Morgan fingerprint density at radius 1 is 1.35 bits per heavy atom. The average Bonchev–Trinajstić information content (AvgIpc) is 2.49. The molecule has 0 unspecified atom stereocenters. The van der Waals surface area contributed by atoms with E-state index in [2.05, 4.69) is 15.5 Å². The van der Waals surface area contributed by atoms with E-state index in [1.807, 2.05) is 31.2 Å². The molecule has 1 amide bonds. The molecule has 1 aromatic heterocycles. The molecule has 0 atom stereocenters. The highest BCUT2D eigenvalue weighted by Crippen LogP contribution is 2.11. The minimum Gasteiger partial charge on any atom is -0.494 e. The molecule has 2 aromatic rings. The third-order valence-corrected chi connectivity index (χ3v) is 2.49. The second kappa shape index (κ2) is 7.04. The van der Waals surface area contributed by atoms with Crippen LogP contribution < -0.4 is 10.2 Å². The van der Waals surface area contributed by atoms with Gasteiger partial charge in [-0.05, 0) is 36.8 Å². The first-order chi connectivity index (χ1) is 9.79. The lowest BCUT2D eigenvalue weighted by atomic mass is 10.2. The van der Waals surface area contributed by atoms with Gasteiger partial charge in [0.15, 0.2) is 0 Å². The number of carbonyl (C=O) groups excluding carboxylic acids is 1. The van der Waals surface area contributed by atoms with Crippen molar-refractivity contribution in [1.82, 2.24) is 10.4 Å². The Balaban J connectivity index is 1.96. The topological polar surface area (TPSA) is 63.6 Å². The van der Waals surface area contributed by atoms with E-state index in [0.29, 0.717) is 12.2 Å². The zero-order valence-electron chi connectivity index (χ0n) is 11.1. The quantitative estimate of drug-likeness (QED) is 0.669. The molecule has 0 aliphatic heterocycles. The molecule has 1 N–H and O–H groups in total. The zero-order valence-corrected chi connectivity index (χ0v) is 11.1. The maximum atomic E-state index is 11.7. The Morgan fingerprint density at radius 3 is 2.90 bits per heavy atom. The van der Waals surface area contributed by atoms with Crippen molar-refractivity contribution < 1.29 is 9.53 Å². The Morgan fingerprint density at radius 2 is 2.15 bits per heavy atom. The van der Waals surface area contributed by atoms with E-state index in [1.54, 1.807) is 30.7 Å². The maximum Gasteiger partial charge on any atom is 0.271 e. The van der Waals surface area contributed by atoms with Crippen LogP contribution in [-0.2, 0) is 0 Å². The highest BCUT2D eigenvalue weighted by molar-refractivity contribution is 5.94. The van der Waals surface area contributed by atoms with E-state index < -0.39 is 0 Å². The van der Waals surface area contributed by atoms with E-state index in [1.165, 1.54) is 0 Å². The van der Waals surface area contributed by atoms with Gasteiger partial charge in [0.2, 0.25) is 0 Å². The van der Waals surface area contributed by atoms with Crippen molar-refractivity contribution >= 4 is 12.1 Å². The number of carbonyl (C=O) groups is 1. The number of amides is 1. The fraction of sp³-hybridized carbons (Fsp3) is 0.133. The number of hydrogen-bond donors (Lipinski definition) is 1. The summed E-state index contributed by atoms with van der Waals surface area (Å²) in [6.07, 6.45) is 4.69. The molecule has 1 aromatic carbocycles. The number of benzene rings is 1. The summed E-state index contributed by atoms with van der Waals surface area (Å²) in [5.41, 5.74) is 3.83. The summed E-state index contributed by atoms with van der Waals surface area (Å²) in [6.45, 7) is 2.54. The maximum absolute atomic E-state index is 11.7. The van der Waals surface area contributed by atoms with Crippen molar-refractivity contribution in [3.8, 4) is 5.75 Å². The number of hydrogen-bond acceptors (Lipinski definition) is 4. The Labute approximate surface area is 117 Å². The minimum absolute atomic E-state index is 0.274. The number of nitrogens with zero attached hydrogens (tertiary/aromatic N) is 2. The van der Waals surface area contributed by atoms with Crippen molar-refractivity contribution in [2.24, 2.45) is 5.10 Å². The molecular formula is C15H15N3O2. The van der Waals surface area contributed by atoms with Gasteiger partial charge in [-0.1, -0.05) is 12.1 Å². The smallest absolute Gasteiger partial charge is 0.271 e. The Hall–Kier alpha value is -2.69. The van der Waals surface area contributed by atoms with Crippen molar-refractivity contribution in [3.63, 3.8) is 0 Å². The summed E-state index contributed by atoms with van der Waals surface area (Å²) in [7, 11) is 0. The average molecular weight is 269 g/mol. The van der Waals surface area contributed by atoms with Crippen LogP contribution in [0.2, 0.25) is 0 Å². The van der Waals surface area contributed by atoms with Gasteiger partial charge in [0, 0.05) is 18.0 Å².